The Hall–Kier alpha value is -1.05. The van der Waals surface area contributed by atoms with E-state index in [1.807, 2.05) is 0 Å². The molecule has 3 N–H and O–H groups in total. The molecule has 17 heavy (non-hydrogen) atoms. The van der Waals surface area contributed by atoms with Gasteiger partial charge in [-0.15, -0.1) is 0 Å². The predicted molar refractivity (Wildman–Crippen MR) is 65.6 cm³/mol. The van der Waals surface area contributed by atoms with Gasteiger partial charge in [0.1, 0.15) is 10.8 Å². The zero-order valence-electron chi connectivity index (χ0n) is 8.81. The van der Waals surface area contributed by atoms with Crippen molar-refractivity contribution in [1.82, 2.24) is 4.72 Å². The molecule has 2 rings (SSSR count). The van der Waals surface area contributed by atoms with Crippen LogP contribution in [0.4, 0.5) is 4.39 Å². The molecule has 92 valence electrons. The monoisotopic (exact) mass is 274 g/mol. The Balaban J connectivity index is 2.50. The Morgan fingerprint density at radius 1 is 1.47 bits per heavy atom. The minimum absolute atomic E-state index is 0.0533. The van der Waals surface area contributed by atoms with Crippen molar-refractivity contribution in [3.63, 3.8) is 0 Å². The molecule has 0 atom stereocenters. The molecule has 1 fully saturated rings. The average Bonchev–Trinajstić information content (AvgIpc) is 3.00. The van der Waals surface area contributed by atoms with E-state index in [1.165, 1.54) is 12.1 Å². The summed E-state index contributed by atoms with van der Waals surface area (Å²) in [6, 6.07) is 3.69. The van der Waals surface area contributed by atoms with Crippen LogP contribution in [-0.4, -0.2) is 19.4 Å². The number of sulfonamides is 1. The molecule has 0 aliphatic heterocycles. The first-order chi connectivity index (χ1) is 7.92. The number of thiocarbonyl (C=S) groups is 1. The average molecular weight is 274 g/mol. The molecule has 0 radical (unpaired) electrons. The molecule has 1 aromatic rings. The lowest BCUT2D eigenvalue weighted by Crippen LogP contribution is -2.28. The van der Waals surface area contributed by atoms with Crippen molar-refractivity contribution in [2.24, 2.45) is 5.73 Å². The number of rotatable bonds is 4. The summed E-state index contributed by atoms with van der Waals surface area (Å²) in [4.78, 5) is -0.462. The van der Waals surface area contributed by atoms with Gasteiger partial charge in [0.15, 0.2) is 0 Å². The van der Waals surface area contributed by atoms with Gasteiger partial charge in [-0.25, -0.2) is 17.5 Å². The largest absolute Gasteiger partial charge is 0.389 e. The molecular formula is C10H11FN2O2S2. The summed E-state index contributed by atoms with van der Waals surface area (Å²) in [6.45, 7) is 0. The lowest BCUT2D eigenvalue weighted by Gasteiger charge is -2.10. The highest BCUT2D eigenvalue weighted by Crippen LogP contribution is 2.24. The van der Waals surface area contributed by atoms with E-state index in [0.29, 0.717) is 0 Å². The van der Waals surface area contributed by atoms with Crippen LogP contribution in [0, 0.1) is 5.82 Å². The minimum Gasteiger partial charge on any atom is -0.389 e. The first-order valence-corrected chi connectivity index (χ1v) is 6.91. The maximum Gasteiger partial charge on any atom is 0.241 e. The van der Waals surface area contributed by atoms with Crippen molar-refractivity contribution in [2.75, 3.05) is 0 Å². The second kappa shape index (κ2) is 4.32. The topological polar surface area (TPSA) is 72.2 Å². The molecule has 0 spiro atoms. The number of hydrogen-bond donors (Lipinski definition) is 2. The fourth-order valence-electron chi connectivity index (χ4n) is 1.45. The van der Waals surface area contributed by atoms with E-state index in [2.05, 4.69) is 16.9 Å². The SMILES string of the molecule is NC(=S)c1c(F)cccc1S(=O)(=O)NC1CC1. The summed E-state index contributed by atoms with van der Waals surface area (Å²) in [5.41, 5.74) is 5.13. The summed E-state index contributed by atoms with van der Waals surface area (Å²) in [5.74, 6) is -0.726. The van der Waals surface area contributed by atoms with E-state index in [9.17, 15) is 12.8 Å². The van der Waals surface area contributed by atoms with Gasteiger partial charge in [0.25, 0.3) is 0 Å². The van der Waals surface area contributed by atoms with Crippen LogP contribution >= 0.6 is 12.2 Å². The van der Waals surface area contributed by atoms with Crippen molar-refractivity contribution in [3.05, 3.63) is 29.6 Å². The molecule has 0 bridgehead atoms. The number of halogens is 1. The first kappa shape index (κ1) is 12.4. The van der Waals surface area contributed by atoms with Gasteiger partial charge in [-0.3, -0.25) is 0 Å². The first-order valence-electron chi connectivity index (χ1n) is 5.02. The zero-order valence-corrected chi connectivity index (χ0v) is 10.4. The van der Waals surface area contributed by atoms with Crippen LogP contribution in [0.1, 0.15) is 18.4 Å². The van der Waals surface area contributed by atoms with E-state index in [-0.39, 0.29) is 21.5 Å². The van der Waals surface area contributed by atoms with Gasteiger partial charge < -0.3 is 5.73 Å². The normalized spacial score (nSPS) is 15.8. The van der Waals surface area contributed by atoms with E-state index >= 15 is 0 Å². The molecular weight excluding hydrogens is 263 g/mol. The van der Waals surface area contributed by atoms with Crippen molar-refractivity contribution in [1.29, 1.82) is 0 Å². The number of hydrogen-bond acceptors (Lipinski definition) is 3. The quantitative estimate of drug-likeness (QED) is 0.800. The Morgan fingerprint density at radius 2 is 2.12 bits per heavy atom. The summed E-state index contributed by atoms with van der Waals surface area (Å²) in [5, 5.41) is 0. The highest BCUT2D eigenvalue weighted by Gasteiger charge is 2.30. The van der Waals surface area contributed by atoms with Gasteiger partial charge in [0, 0.05) is 6.04 Å². The van der Waals surface area contributed by atoms with Gasteiger partial charge in [-0.05, 0) is 25.0 Å². The molecule has 0 saturated heterocycles. The molecule has 0 unspecified atom stereocenters. The number of benzene rings is 1. The van der Waals surface area contributed by atoms with Gasteiger partial charge in [-0.2, -0.15) is 0 Å². The lowest BCUT2D eigenvalue weighted by molar-refractivity contribution is 0.576. The van der Waals surface area contributed by atoms with Crippen LogP contribution < -0.4 is 10.5 Å². The van der Waals surface area contributed by atoms with Crippen LogP contribution in [0.2, 0.25) is 0 Å². The standard InChI is InChI=1S/C10H11FN2O2S2/c11-7-2-1-3-8(9(7)10(12)16)17(14,15)13-6-4-5-6/h1-3,6,13H,4-5H2,(H2,12,16). The van der Waals surface area contributed by atoms with Gasteiger partial charge in [-0.1, -0.05) is 18.3 Å². The fourth-order valence-corrected chi connectivity index (χ4v) is 3.26. The Labute approximate surface area is 104 Å². The van der Waals surface area contributed by atoms with Crippen molar-refractivity contribution in [2.45, 2.75) is 23.8 Å². The van der Waals surface area contributed by atoms with E-state index in [1.54, 1.807) is 0 Å². The second-order valence-corrected chi connectivity index (χ2v) is 6.00. The third-order valence-corrected chi connectivity index (χ3v) is 4.18. The third-order valence-electron chi connectivity index (χ3n) is 2.41. The molecule has 1 aliphatic carbocycles. The van der Waals surface area contributed by atoms with Gasteiger partial charge >= 0.3 is 0 Å². The van der Waals surface area contributed by atoms with Crippen LogP contribution in [0.3, 0.4) is 0 Å². The third kappa shape index (κ3) is 2.62. The number of nitrogens with one attached hydrogen (secondary N) is 1. The van der Waals surface area contributed by atoms with Crippen molar-refractivity contribution >= 4 is 27.2 Å². The van der Waals surface area contributed by atoms with Crippen LogP contribution in [0.25, 0.3) is 0 Å². The molecule has 0 amide bonds. The maximum atomic E-state index is 13.5. The summed E-state index contributed by atoms with van der Waals surface area (Å²) in [6.07, 6.45) is 1.61. The summed E-state index contributed by atoms with van der Waals surface area (Å²) >= 11 is 4.68. The molecule has 7 heteroatoms. The van der Waals surface area contributed by atoms with Gasteiger partial charge in [0.2, 0.25) is 10.0 Å². The summed E-state index contributed by atoms with van der Waals surface area (Å²) in [7, 11) is -3.75. The number of nitrogens with two attached hydrogens (primary N) is 1. The Bertz CT molecular complexity index is 568. The molecule has 0 heterocycles. The fraction of sp³-hybridized carbons (Fsp3) is 0.300. The highest BCUT2D eigenvalue weighted by atomic mass is 32.2. The smallest absolute Gasteiger partial charge is 0.241 e. The summed E-state index contributed by atoms with van der Waals surface area (Å²) < 4.78 is 39.9. The van der Waals surface area contributed by atoms with Crippen LogP contribution in [0.5, 0.6) is 0 Å². The highest BCUT2D eigenvalue weighted by molar-refractivity contribution is 7.89. The minimum atomic E-state index is -3.75. The Kier molecular flexibility index (Phi) is 3.15. The van der Waals surface area contributed by atoms with Crippen molar-refractivity contribution in [3.8, 4) is 0 Å². The lowest BCUT2D eigenvalue weighted by atomic mass is 10.2. The molecule has 0 aromatic heterocycles. The molecule has 1 saturated carbocycles. The van der Waals surface area contributed by atoms with Crippen LogP contribution in [-0.2, 0) is 10.0 Å². The van der Waals surface area contributed by atoms with E-state index in [4.69, 9.17) is 5.73 Å². The molecule has 4 nitrogen and oxygen atoms in total. The predicted octanol–water partition coefficient (Wildman–Crippen LogP) is 0.901. The Morgan fingerprint density at radius 3 is 2.65 bits per heavy atom. The zero-order chi connectivity index (χ0) is 12.6. The van der Waals surface area contributed by atoms with E-state index < -0.39 is 15.8 Å². The van der Waals surface area contributed by atoms with Crippen molar-refractivity contribution < 1.29 is 12.8 Å². The molecule has 1 aliphatic rings. The van der Waals surface area contributed by atoms with Gasteiger partial charge in [0.05, 0.1) is 10.5 Å². The maximum absolute atomic E-state index is 13.5. The van der Waals surface area contributed by atoms with E-state index in [0.717, 1.165) is 18.9 Å². The molecule has 1 aromatic carbocycles. The van der Waals surface area contributed by atoms with Crippen LogP contribution in [0.15, 0.2) is 23.1 Å². The second-order valence-electron chi connectivity index (χ2n) is 3.87.